The number of likely N-dealkylation sites (tertiary alicyclic amines) is 1. The quantitative estimate of drug-likeness (QED) is 0.245. The number of amides is 1. The number of pyridine rings is 1. The SMILES string of the molecule is C[C@@H]1CCCCN1Cc1ccc2[nH]c(-c3cc(NC(=O)Oc4cnn(Cc5ccccc5)c4)c[nH]c3=O)cc2c1. The molecule has 204 valence electrons. The second kappa shape index (κ2) is 11.2. The Kier molecular flexibility index (Phi) is 7.20. The van der Waals surface area contributed by atoms with Crippen molar-refractivity contribution < 1.29 is 9.53 Å². The molecule has 1 fully saturated rings. The van der Waals surface area contributed by atoms with Crippen molar-refractivity contribution in [3.63, 3.8) is 0 Å². The lowest BCUT2D eigenvalue weighted by Crippen LogP contribution is -2.36. The molecule has 0 bridgehead atoms. The number of benzene rings is 2. The second-order valence-corrected chi connectivity index (χ2v) is 10.4. The standard InChI is InChI=1S/C31H32N6O3/c1-21-7-5-6-12-36(21)18-23-10-11-28-24(13-23)14-29(35-28)27-15-25(16-32-30(27)38)34-31(39)40-26-17-33-37(20-26)19-22-8-3-2-4-9-22/h2-4,8-11,13-17,20-21,35H,5-7,12,18-19H2,1H3,(H,32,38)(H,34,39)/t21-/m1/s1. The maximum Gasteiger partial charge on any atom is 0.417 e. The summed E-state index contributed by atoms with van der Waals surface area (Å²) >= 11 is 0. The van der Waals surface area contributed by atoms with Crippen molar-refractivity contribution in [2.75, 3.05) is 11.9 Å². The minimum atomic E-state index is -0.675. The normalized spacial score (nSPS) is 15.8. The number of anilines is 1. The highest BCUT2D eigenvalue weighted by atomic mass is 16.6. The summed E-state index contributed by atoms with van der Waals surface area (Å²) in [4.78, 5) is 33.9. The van der Waals surface area contributed by atoms with Gasteiger partial charge in [-0.05, 0) is 61.7 Å². The van der Waals surface area contributed by atoms with E-state index in [2.05, 4.69) is 50.4 Å². The van der Waals surface area contributed by atoms with Crippen LogP contribution in [0.15, 0.2) is 84.0 Å². The minimum Gasteiger partial charge on any atom is -0.407 e. The lowest BCUT2D eigenvalue weighted by Gasteiger charge is -2.33. The molecule has 6 rings (SSSR count). The molecule has 0 unspecified atom stereocenters. The first-order chi connectivity index (χ1) is 19.5. The van der Waals surface area contributed by atoms with E-state index in [4.69, 9.17) is 4.74 Å². The topological polar surface area (TPSA) is 108 Å². The molecule has 3 aromatic heterocycles. The first kappa shape index (κ1) is 25.6. The Morgan fingerprint density at radius 3 is 2.80 bits per heavy atom. The zero-order chi connectivity index (χ0) is 27.5. The van der Waals surface area contributed by atoms with Crippen LogP contribution in [0.1, 0.15) is 37.3 Å². The van der Waals surface area contributed by atoms with Crippen molar-refractivity contribution >= 4 is 22.7 Å². The summed E-state index contributed by atoms with van der Waals surface area (Å²) < 4.78 is 7.11. The Labute approximate surface area is 231 Å². The molecular formula is C31H32N6O3. The lowest BCUT2D eigenvalue weighted by atomic mass is 10.0. The van der Waals surface area contributed by atoms with Gasteiger partial charge in [0, 0.05) is 29.7 Å². The maximum absolute atomic E-state index is 12.7. The number of nitrogens with zero attached hydrogens (tertiary/aromatic N) is 3. The van der Waals surface area contributed by atoms with E-state index in [-0.39, 0.29) is 5.56 Å². The molecule has 0 aliphatic carbocycles. The maximum atomic E-state index is 12.7. The van der Waals surface area contributed by atoms with Crippen molar-refractivity contribution in [1.82, 2.24) is 24.6 Å². The van der Waals surface area contributed by atoms with Gasteiger partial charge < -0.3 is 14.7 Å². The van der Waals surface area contributed by atoms with Crippen LogP contribution in [-0.2, 0) is 13.1 Å². The second-order valence-electron chi connectivity index (χ2n) is 10.4. The Balaban J connectivity index is 1.14. The number of hydrogen-bond acceptors (Lipinski definition) is 5. The number of H-pyrrole nitrogens is 2. The number of nitrogens with one attached hydrogen (secondary N) is 3. The highest BCUT2D eigenvalue weighted by molar-refractivity contribution is 5.89. The van der Waals surface area contributed by atoms with Crippen molar-refractivity contribution in [1.29, 1.82) is 0 Å². The van der Waals surface area contributed by atoms with Crippen LogP contribution in [0.3, 0.4) is 0 Å². The van der Waals surface area contributed by atoms with Gasteiger partial charge in [0.05, 0.1) is 35.9 Å². The zero-order valence-electron chi connectivity index (χ0n) is 22.4. The van der Waals surface area contributed by atoms with Gasteiger partial charge in [-0.25, -0.2) is 4.79 Å². The first-order valence-electron chi connectivity index (χ1n) is 13.6. The van der Waals surface area contributed by atoms with E-state index in [0.29, 0.717) is 35.3 Å². The summed E-state index contributed by atoms with van der Waals surface area (Å²) in [5, 5.41) is 7.99. The van der Waals surface area contributed by atoms with E-state index in [0.717, 1.165) is 29.6 Å². The summed E-state index contributed by atoms with van der Waals surface area (Å²) in [6.45, 7) is 4.92. The van der Waals surface area contributed by atoms with Crippen LogP contribution in [0, 0.1) is 0 Å². The highest BCUT2D eigenvalue weighted by Gasteiger charge is 2.18. The van der Waals surface area contributed by atoms with Crippen LogP contribution in [0.25, 0.3) is 22.2 Å². The van der Waals surface area contributed by atoms with E-state index >= 15 is 0 Å². The fraction of sp³-hybridized carbons (Fsp3) is 0.258. The largest absolute Gasteiger partial charge is 0.417 e. The van der Waals surface area contributed by atoms with Crippen molar-refractivity contribution in [2.24, 2.45) is 0 Å². The number of aromatic nitrogens is 4. The zero-order valence-corrected chi connectivity index (χ0v) is 22.4. The van der Waals surface area contributed by atoms with Crippen LogP contribution in [0.2, 0.25) is 0 Å². The van der Waals surface area contributed by atoms with Gasteiger partial charge in [0.1, 0.15) is 0 Å². The molecule has 1 atom stereocenters. The molecule has 0 saturated carbocycles. The van der Waals surface area contributed by atoms with Gasteiger partial charge in [0.15, 0.2) is 5.75 Å². The molecule has 0 radical (unpaired) electrons. The Hall–Kier alpha value is -4.63. The van der Waals surface area contributed by atoms with Crippen LogP contribution in [-0.4, -0.2) is 43.3 Å². The molecule has 1 amide bonds. The summed E-state index contributed by atoms with van der Waals surface area (Å²) in [6, 6.07) is 20.5. The Bertz CT molecular complexity index is 1690. The Morgan fingerprint density at radius 2 is 1.95 bits per heavy atom. The average molecular weight is 537 g/mol. The predicted octanol–water partition coefficient (Wildman–Crippen LogP) is 5.75. The molecule has 0 spiro atoms. The smallest absolute Gasteiger partial charge is 0.407 e. The molecule has 4 heterocycles. The summed E-state index contributed by atoms with van der Waals surface area (Å²) in [5.41, 5.74) is 4.56. The third-order valence-electron chi connectivity index (χ3n) is 7.46. The van der Waals surface area contributed by atoms with E-state index in [9.17, 15) is 9.59 Å². The molecule has 1 aliphatic rings. The van der Waals surface area contributed by atoms with E-state index in [1.165, 1.54) is 37.2 Å². The molecule has 1 aliphatic heterocycles. The molecule has 1 saturated heterocycles. The van der Waals surface area contributed by atoms with Gasteiger partial charge in [0.2, 0.25) is 0 Å². The predicted molar refractivity (Wildman–Crippen MR) is 155 cm³/mol. The fourth-order valence-electron chi connectivity index (χ4n) is 5.31. The summed E-state index contributed by atoms with van der Waals surface area (Å²) in [5.74, 6) is 0.323. The van der Waals surface area contributed by atoms with Gasteiger partial charge in [-0.15, -0.1) is 0 Å². The monoisotopic (exact) mass is 536 g/mol. The molecule has 3 N–H and O–H groups in total. The minimum absolute atomic E-state index is 0.255. The van der Waals surface area contributed by atoms with Crippen LogP contribution in [0.4, 0.5) is 10.5 Å². The van der Waals surface area contributed by atoms with E-state index in [1.807, 2.05) is 36.4 Å². The molecule has 40 heavy (non-hydrogen) atoms. The lowest BCUT2D eigenvalue weighted by molar-refractivity contribution is 0.152. The van der Waals surface area contributed by atoms with E-state index < -0.39 is 6.09 Å². The number of carbonyl (C=O) groups is 1. The number of rotatable bonds is 7. The van der Waals surface area contributed by atoms with Crippen LogP contribution >= 0.6 is 0 Å². The third-order valence-corrected chi connectivity index (χ3v) is 7.46. The summed E-state index contributed by atoms with van der Waals surface area (Å²) in [7, 11) is 0. The Morgan fingerprint density at radius 1 is 1.07 bits per heavy atom. The molecular weight excluding hydrogens is 504 g/mol. The van der Waals surface area contributed by atoms with Gasteiger partial charge in [-0.3, -0.25) is 19.7 Å². The van der Waals surface area contributed by atoms with Crippen LogP contribution < -0.4 is 15.6 Å². The number of fused-ring (bicyclic) bond motifs is 1. The van der Waals surface area contributed by atoms with Crippen molar-refractivity contribution in [2.45, 2.75) is 45.3 Å². The molecule has 9 nitrogen and oxygen atoms in total. The number of piperidine rings is 1. The molecule has 2 aromatic carbocycles. The number of carbonyl (C=O) groups excluding carboxylic acids is 1. The van der Waals surface area contributed by atoms with Crippen molar-refractivity contribution in [3.05, 3.63) is 101 Å². The molecule has 9 heteroatoms. The molecule has 5 aromatic rings. The third kappa shape index (κ3) is 5.84. The van der Waals surface area contributed by atoms with Crippen LogP contribution in [0.5, 0.6) is 5.75 Å². The highest BCUT2D eigenvalue weighted by Crippen LogP contribution is 2.26. The van der Waals surface area contributed by atoms with Gasteiger partial charge in [-0.2, -0.15) is 5.10 Å². The number of aromatic amines is 2. The van der Waals surface area contributed by atoms with Gasteiger partial charge in [-0.1, -0.05) is 42.8 Å². The van der Waals surface area contributed by atoms with E-state index in [1.54, 1.807) is 16.9 Å². The average Bonchev–Trinajstić information content (AvgIpc) is 3.58. The van der Waals surface area contributed by atoms with Gasteiger partial charge >= 0.3 is 6.09 Å². The van der Waals surface area contributed by atoms with Crippen molar-refractivity contribution in [3.8, 4) is 17.0 Å². The van der Waals surface area contributed by atoms with Gasteiger partial charge in [0.25, 0.3) is 5.56 Å². The first-order valence-corrected chi connectivity index (χ1v) is 13.6. The fourth-order valence-corrected chi connectivity index (χ4v) is 5.31. The number of hydrogen-bond donors (Lipinski definition) is 3. The number of ether oxygens (including phenoxy) is 1. The summed E-state index contributed by atoms with van der Waals surface area (Å²) in [6.07, 6.45) is 7.73.